The van der Waals surface area contributed by atoms with Crippen LogP contribution in [0.25, 0.3) is 5.70 Å². The van der Waals surface area contributed by atoms with Crippen LogP contribution in [0.4, 0.5) is 4.39 Å². The SMILES string of the molecule is Cc1c(CN(C=O)Cc2ccc(/C(N)=C/N(C)N)cc2)ccnc1OCc1ccccc1F. The molecule has 33 heavy (non-hydrogen) atoms. The standard InChI is InChI=1S/C25H28FN5O2/c1-18-21(11-12-29-25(18)33-16-22-5-3-4-6-23(22)26)14-31(17-32)13-19-7-9-20(10-8-19)24(27)15-30(2)28/h3-12,15,17H,13-14,16,27-28H2,1-2H3/b24-15-. The van der Waals surface area contributed by atoms with Crippen LogP contribution in [0.3, 0.4) is 0 Å². The summed E-state index contributed by atoms with van der Waals surface area (Å²) in [5, 5.41) is 1.39. The van der Waals surface area contributed by atoms with Crippen LogP contribution in [-0.4, -0.2) is 28.4 Å². The zero-order chi connectivity index (χ0) is 23.8. The first-order valence-electron chi connectivity index (χ1n) is 10.4. The molecule has 2 aromatic carbocycles. The van der Waals surface area contributed by atoms with Crippen molar-refractivity contribution in [2.24, 2.45) is 11.6 Å². The Kier molecular flexibility index (Phi) is 7.99. The zero-order valence-electron chi connectivity index (χ0n) is 18.7. The highest BCUT2D eigenvalue weighted by Crippen LogP contribution is 2.22. The number of nitrogens with zero attached hydrogens (tertiary/aromatic N) is 3. The summed E-state index contributed by atoms with van der Waals surface area (Å²) in [5.74, 6) is 5.69. The molecule has 0 saturated heterocycles. The summed E-state index contributed by atoms with van der Waals surface area (Å²) in [5.41, 5.74) is 10.5. The molecule has 0 atom stereocenters. The number of nitrogens with two attached hydrogens (primary N) is 2. The molecule has 0 bridgehead atoms. The molecule has 7 nitrogen and oxygen atoms in total. The Morgan fingerprint density at radius 2 is 1.82 bits per heavy atom. The van der Waals surface area contributed by atoms with Gasteiger partial charge in [0.1, 0.15) is 12.4 Å². The fourth-order valence-electron chi connectivity index (χ4n) is 3.31. The van der Waals surface area contributed by atoms with Crippen LogP contribution in [0.15, 0.2) is 67.0 Å². The average Bonchev–Trinajstić information content (AvgIpc) is 2.80. The third kappa shape index (κ3) is 6.54. The number of benzene rings is 2. The first-order valence-corrected chi connectivity index (χ1v) is 10.4. The lowest BCUT2D eigenvalue weighted by molar-refractivity contribution is -0.119. The Morgan fingerprint density at radius 3 is 2.48 bits per heavy atom. The minimum absolute atomic E-state index is 0.0746. The highest BCUT2D eigenvalue weighted by molar-refractivity contribution is 5.62. The van der Waals surface area contributed by atoms with Crippen LogP contribution in [-0.2, 0) is 24.5 Å². The molecule has 3 rings (SSSR count). The molecule has 1 amide bonds. The van der Waals surface area contributed by atoms with Crippen LogP contribution < -0.4 is 16.3 Å². The molecule has 0 fully saturated rings. The van der Waals surface area contributed by atoms with E-state index in [-0.39, 0.29) is 12.4 Å². The van der Waals surface area contributed by atoms with Gasteiger partial charge in [0.25, 0.3) is 0 Å². The summed E-state index contributed by atoms with van der Waals surface area (Å²) in [4.78, 5) is 17.7. The quantitative estimate of drug-likeness (QED) is 0.280. The Hall–Kier alpha value is -3.91. The second kappa shape index (κ2) is 11.1. The van der Waals surface area contributed by atoms with E-state index >= 15 is 0 Å². The highest BCUT2D eigenvalue weighted by Gasteiger charge is 2.12. The number of halogens is 1. The molecule has 0 saturated carbocycles. The first kappa shape index (κ1) is 23.7. The van der Waals surface area contributed by atoms with Gasteiger partial charge >= 0.3 is 0 Å². The van der Waals surface area contributed by atoms with Crippen LogP contribution in [0.2, 0.25) is 0 Å². The van der Waals surface area contributed by atoms with E-state index in [9.17, 15) is 9.18 Å². The number of hydrazine groups is 1. The largest absolute Gasteiger partial charge is 0.472 e. The number of ether oxygens (including phenoxy) is 1. The number of amides is 1. The maximum absolute atomic E-state index is 13.9. The van der Waals surface area contributed by atoms with Crippen molar-refractivity contribution in [2.75, 3.05) is 7.05 Å². The van der Waals surface area contributed by atoms with Gasteiger partial charge in [-0.15, -0.1) is 0 Å². The second-order valence-electron chi connectivity index (χ2n) is 7.74. The van der Waals surface area contributed by atoms with Gasteiger partial charge in [0, 0.05) is 43.7 Å². The van der Waals surface area contributed by atoms with Crippen molar-refractivity contribution in [1.29, 1.82) is 0 Å². The molecule has 0 radical (unpaired) electrons. The normalized spacial score (nSPS) is 11.2. The third-order valence-corrected chi connectivity index (χ3v) is 5.13. The van der Waals surface area contributed by atoms with Gasteiger partial charge in [-0.1, -0.05) is 42.5 Å². The van der Waals surface area contributed by atoms with Crippen LogP contribution in [0, 0.1) is 12.7 Å². The summed E-state index contributed by atoms with van der Waals surface area (Å²) in [6, 6.07) is 15.9. The first-order chi connectivity index (χ1) is 15.9. The molecule has 0 aliphatic carbocycles. The van der Waals surface area contributed by atoms with Crippen molar-refractivity contribution in [2.45, 2.75) is 26.6 Å². The lowest BCUT2D eigenvalue weighted by Gasteiger charge is -2.20. The topological polar surface area (TPSA) is 97.7 Å². The molecule has 4 N–H and O–H groups in total. The van der Waals surface area contributed by atoms with Gasteiger partial charge in [0.05, 0.1) is 5.70 Å². The lowest BCUT2D eigenvalue weighted by atomic mass is 10.1. The molecule has 8 heteroatoms. The van der Waals surface area contributed by atoms with Gasteiger partial charge < -0.3 is 20.4 Å². The maximum atomic E-state index is 13.9. The number of aromatic nitrogens is 1. The van der Waals surface area contributed by atoms with E-state index in [1.807, 2.05) is 37.3 Å². The van der Waals surface area contributed by atoms with Crippen molar-refractivity contribution in [3.8, 4) is 5.88 Å². The van der Waals surface area contributed by atoms with Crippen molar-refractivity contribution >= 4 is 12.1 Å². The maximum Gasteiger partial charge on any atom is 0.216 e. The second-order valence-corrected chi connectivity index (χ2v) is 7.74. The summed E-state index contributed by atoms with van der Waals surface area (Å²) in [6.07, 6.45) is 4.07. The summed E-state index contributed by atoms with van der Waals surface area (Å²) in [7, 11) is 1.70. The van der Waals surface area contributed by atoms with E-state index in [1.54, 1.807) is 42.5 Å². The predicted octanol–water partition coefficient (Wildman–Crippen LogP) is 3.33. The minimum Gasteiger partial charge on any atom is -0.472 e. The highest BCUT2D eigenvalue weighted by atomic mass is 19.1. The van der Waals surface area contributed by atoms with E-state index in [1.165, 1.54) is 11.1 Å². The molecule has 1 heterocycles. The fourth-order valence-corrected chi connectivity index (χ4v) is 3.31. The zero-order valence-corrected chi connectivity index (χ0v) is 18.7. The molecule has 0 spiro atoms. The predicted molar refractivity (Wildman–Crippen MR) is 126 cm³/mol. The number of hydrogen-bond donors (Lipinski definition) is 2. The van der Waals surface area contributed by atoms with Gasteiger partial charge in [0.2, 0.25) is 12.3 Å². The number of pyridine rings is 1. The Labute approximate surface area is 193 Å². The molecular formula is C25H28FN5O2. The van der Waals surface area contributed by atoms with Crippen molar-refractivity contribution in [3.63, 3.8) is 0 Å². The van der Waals surface area contributed by atoms with Crippen LogP contribution >= 0.6 is 0 Å². The Morgan fingerprint density at radius 1 is 1.09 bits per heavy atom. The molecule has 0 aliphatic heterocycles. The van der Waals surface area contributed by atoms with Crippen LogP contribution in [0.5, 0.6) is 5.88 Å². The monoisotopic (exact) mass is 449 g/mol. The van der Waals surface area contributed by atoms with E-state index < -0.39 is 0 Å². The third-order valence-electron chi connectivity index (χ3n) is 5.13. The number of carbonyl (C=O) groups is 1. The van der Waals surface area contributed by atoms with E-state index in [2.05, 4.69) is 4.98 Å². The van der Waals surface area contributed by atoms with Gasteiger partial charge in [0.15, 0.2) is 0 Å². The number of carbonyl (C=O) groups excluding carboxylic acids is 1. The van der Waals surface area contributed by atoms with Crippen molar-refractivity contribution < 1.29 is 13.9 Å². The smallest absolute Gasteiger partial charge is 0.216 e. The molecule has 3 aromatic rings. The van der Waals surface area contributed by atoms with Gasteiger partial charge in [-0.2, -0.15) is 0 Å². The molecule has 172 valence electrons. The number of hydrogen-bond acceptors (Lipinski definition) is 6. The molecule has 1 aromatic heterocycles. The summed E-state index contributed by atoms with van der Waals surface area (Å²) in [6.45, 7) is 2.76. The molecule has 0 aliphatic rings. The molecule has 0 unspecified atom stereocenters. The van der Waals surface area contributed by atoms with E-state index in [4.69, 9.17) is 16.3 Å². The van der Waals surface area contributed by atoms with Crippen molar-refractivity contribution in [1.82, 2.24) is 14.9 Å². The Balaban J connectivity index is 1.67. The van der Waals surface area contributed by atoms with E-state index in [0.717, 1.165) is 28.7 Å². The summed E-state index contributed by atoms with van der Waals surface area (Å²) < 4.78 is 19.6. The van der Waals surface area contributed by atoms with Gasteiger partial charge in [-0.05, 0) is 35.7 Å². The van der Waals surface area contributed by atoms with Gasteiger partial charge in [-0.3, -0.25) is 4.79 Å². The van der Waals surface area contributed by atoms with Gasteiger partial charge in [-0.25, -0.2) is 15.2 Å². The van der Waals surface area contributed by atoms with E-state index in [0.29, 0.717) is 30.2 Å². The Bertz CT molecular complexity index is 1120. The molecular weight excluding hydrogens is 421 g/mol. The average molecular weight is 450 g/mol. The fraction of sp³-hybridized carbons (Fsp3) is 0.200. The number of rotatable bonds is 10. The summed E-state index contributed by atoms with van der Waals surface area (Å²) >= 11 is 0. The minimum atomic E-state index is -0.322. The van der Waals surface area contributed by atoms with Crippen molar-refractivity contribution in [3.05, 3.63) is 101 Å². The lowest BCUT2D eigenvalue weighted by Crippen LogP contribution is -2.22. The van der Waals surface area contributed by atoms with Crippen LogP contribution in [0.1, 0.15) is 27.8 Å².